The van der Waals surface area contributed by atoms with Crippen molar-refractivity contribution in [3.8, 4) is 0 Å². The smallest absolute Gasteiger partial charge is 0.148 e. The number of carbonyl (C=O) groups excluding carboxylic acids is 1. The van der Waals surface area contributed by atoms with E-state index in [0.29, 0.717) is 18.0 Å². The summed E-state index contributed by atoms with van der Waals surface area (Å²) >= 11 is 5.62. The van der Waals surface area contributed by atoms with Crippen molar-refractivity contribution in [2.24, 2.45) is 16.3 Å². The van der Waals surface area contributed by atoms with E-state index < -0.39 is 5.92 Å². The second-order valence-electron chi connectivity index (χ2n) is 8.10. The monoisotopic (exact) mass is 387 g/mol. The van der Waals surface area contributed by atoms with Crippen molar-refractivity contribution in [1.82, 2.24) is 4.90 Å². The molecule has 2 aliphatic rings. The number of hydrogen-bond donors (Lipinski definition) is 1. The summed E-state index contributed by atoms with van der Waals surface area (Å²) in [5, 5.41) is 3.24. The van der Waals surface area contributed by atoms with Gasteiger partial charge < -0.3 is 10.1 Å². The molecule has 0 bridgehead atoms. The Morgan fingerprint density at radius 1 is 1.26 bits per heavy atom. The number of nitrogens with one attached hydrogen (secondary N) is 1. The topological polar surface area (TPSA) is 53.9 Å². The first-order valence-corrected chi connectivity index (χ1v) is 10.1. The van der Waals surface area contributed by atoms with Gasteiger partial charge in [-0.2, -0.15) is 0 Å². The van der Waals surface area contributed by atoms with Crippen LogP contribution < -0.4 is 5.32 Å². The first-order valence-electron chi connectivity index (χ1n) is 9.67. The van der Waals surface area contributed by atoms with Gasteiger partial charge in [0, 0.05) is 37.5 Å². The van der Waals surface area contributed by atoms with Crippen LogP contribution in [-0.4, -0.2) is 60.8 Å². The second kappa shape index (κ2) is 9.04. The van der Waals surface area contributed by atoms with Crippen molar-refractivity contribution in [3.05, 3.63) is 30.3 Å². The lowest BCUT2D eigenvalue weighted by Crippen LogP contribution is -2.44. The minimum absolute atomic E-state index is 0.0618. The van der Waals surface area contributed by atoms with Gasteiger partial charge in [0.1, 0.15) is 11.7 Å². The third-order valence-corrected chi connectivity index (χ3v) is 5.44. The van der Waals surface area contributed by atoms with Crippen LogP contribution in [0.25, 0.3) is 0 Å². The van der Waals surface area contributed by atoms with E-state index in [1.165, 1.54) is 0 Å². The number of ketones is 1. The number of anilines is 1. The van der Waals surface area contributed by atoms with Gasteiger partial charge in [-0.3, -0.25) is 14.7 Å². The number of para-hydroxylation sites is 1. The number of ether oxygens (including phenoxy) is 1. The van der Waals surface area contributed by atoms with Crippen LogP contribution in [0.2, 0.25) is 0 Å². The fraction of sp³-hybridized carbons (Fsp3) is 0.571. The molecular weight excluding hydrogens is 358 g/mol. The fourth-order valence-corrected chi connectivity index (χ4v) is 4.14. The summed E-state index contributed by atoms with van der Waals surface area (Å²) in [7, 11) is 0. The highest BCUT2D eigenvalue weighted by Crippen LogP contribution is 2.35. The zero-order chi connectivity index (χ0) is 19.3. The summed E-state index contributed by atoms with van der Waals surface area (Å²) in [4.78, 5) is 20.7. The SMILES string of the molecule is CC1(C)CC(=O)C(C(=S)Nc2ccccc2)C(=NCCN2CCOCC2)C1. The standard InChI is InChI=1S/C21H29N3O2S/c1-21(2)14-17(22-8-9-24-10-12-26-13-11-24)19(18(25)15-21)20(27)23-16-6-4-3-5-7-16/h3-7,19H,8-15H2,1-2H3,(H,23,27). The van der Waals surface area contributed by atoms with Crippen LogP contribution in [-0.2, 0) is 9.53 Å². The average molecular weight is 388 g/mol. The van der Waals surface area contributed by atoms with Gasteiger partial charge in [-0.25, -0.2) is 0 Å². The Morgan fingerprint density at radius 3 is 2.67 bits per heavy atom. The largest absolute Gasteiger partial charge is 0.379 e. The van der Waals surface area contributed by atoms with Crippen LogP contribution in [0.4, 0.5) is 5.69 Å². The van der Waals surface area contributed by atoms with Crippen molar-refractivity contribution in [1.29, 1.82) is 0 Å². The number of nitrogens with zero attached hydrogens (tertiary/aromatic N) is 2. The maximum Gasteiger partial charge on any atom is 0.148 e. The first-order chi connectivity index (χ1) is 12.9. The fourth-order valence-electron chi connectivity index (χ4n) is 3.75. The van der Waals surface area contributed by atoms with Crippen LogP contribution in [0.1, 0.15) is 26.7 Å². The van der Waals surface area contributed by atoms with Crippen molar-refractivity contribution in [3.63, 3.8) is 0 Å². The predicted octanol–water partition coefficient (Wildman–Crippen LogP) is 3.20. The molecule has 1 aromatic rings. The first kappa shape index (κ1) is 20.1. The molecule has 1 aromatic carbocycles. The molecule has 27 heavy (non-hydrogen) atoms. The number of benzene rings is 1. The number of hydrogen-bond acceptors (Lipinski definition) is 5. The Bertz CT molecular complexity index is 697. The molecule has 5 nitrogen and oxygen atoms in total. The molecule has 0 spiro atoms. The molecule has 1 aliphatic heterocycles. The molecule has 3 rings (SSSR count). The molecule has 0 aromatic heterocycles. The van der Waals surface area contributed by atoms with Gasteiger partial charge in [0.25, 0.3) is 0 Å². The second-order valence-corrected chi connectivity index (χ2v) is 8.54. The number of rotatable bonds is 5. The van der Waals surface area contributed by atoms with Crippen LogP contribution in [0.15, 0.2) is 35.3 Å². The van der Waals surface area contributed by atoms with Gasteiger partial charge in [-0.05, 0) is 24.0 Å². The van der Waals surface area contributed by atoms with E-state index in [9.17, 15) is 4.79 Å². The van der Waals surface area contributed by atoms with Crippen molar-refractivity contribution in [2.75, 3.05) is 44.7 Å². The normalized spacial score (nSPS) is 24.7. The van der Waals surface area contributed by atoms with E-state index in [1.54, 1.807) is 0 Å². The zero-order valence-corrected chi connectivity index (χ0v) is 17.1. The van der Waals surface area contributed by atoms with Gasteiger partial charge in [0.2, 0.25) is 0 Å². The number of thiocarbonyl (C=S) groups is 1. The lowest BCUT2D eigenvalue weighted by atomic mass is 9.71. The molecule has 146 valence electrons. The quantitative estimate of drug-likeness (QED) is 0.787. The molecule has 6 heteroatoms. The highest BCUT2D eigenvalue weighted by molar-refractivity contribution is 7.80. The molecule has 1 atom stereocenters. The number of Topliss-reactive ketones (excluding diaryl/α,β-unsaturated/α-hetero) is 1. The molecule has 1 saturated carbocycles. The molecule has 1 heterocycles. The van der Waals surface area contributed by atoms with Crippen molar-refractivity contribution < 1.29 is 9.53 Å². The molecule has 0 amide bonds. The van der Waals surface area contributed by atoms with Gasteiger partial charge in [-0.1, -0.05) is 44.3 Å². The highest BCUT2D eigenvalue weighted by Gasteiger charge is 2.40. The number of carbonyl (C=O) groups is 1. The summed E-state index contributed by atoms with van der Waals surface area (Å²) in [6.07, 6.45) is 1.35. The summed E-state index contributed by atoms with van der Waals surface area (Å²) in [6.45, 7) is 9.33. The van der Waals surface area contributed by atoms with Gasteiger partial charge in [0.05, 0.1) is 24.7 Å². The van der Waals surface area contributed by atoms with Gasteiger partial charge in [0.15, 0.2) is 0 Å². The zero-order valence-electron chi connectivity index (χ0n) is 16.2. The Hall–Kier alpha value is -1.63. The molecule has 0 radical (unpaired) electrons. The Labute approximate surface area is 167 Å². The van der Waals surface area contributed by atoms with E-state index in [1.807, 2.05) is 30.3 Å². The molecule has 1 saturated heterocycles. The van der Waals surface area contributed by atoms with Crippen LogP contribution in [0.3, 0.4) is 0 Å². The van der Waals surface area contributed by atoms with E-state index in [0.717, 1.165) is 50.7 Å². The van der Waals surface area contributed by atoms with Crippen molar-refractivity contribution in [2.45, 2.75) is 26.7 Å². The van der Waals surface area contributed by atoms with Crippen LogP contribution >= 0.6 is 12.2 Å². The van der Waals surface area contributed by atoms with E-state index in [4.69, 9.17) is 21.9 Å². The molecule has 1 aliphatic carbocycles. The highest BCUT2D eigenvalue weighted by atomic mass is 32.1. The summed E-state index contributed by atoms with van der Waals surface area (Å²) in [6, 6.07) is 9.78. The van der Waals surface area contributed by atoms with Gasteiger partial charge in [-0.15, -0.1) is 0 Å². The van der Waals surface area contributed by atoms with E-state index >= 15 is 0 Å². The lowest BCUT2D eigenvalue weighted by Gasteiger charge is -2.35. The lowest BCUT2D eigenvalue weighted by molar-refractivity contribution is -0.122. The van der Waals surface area contributed by atoms with Gasteiger partial charge >= 0.3 is 0 Å². The Morgan fingerprint density at radius 2 is 1.96 bits per heavy atom. The molecule has 1 unspecified atom stereocenters. The maximum absolute atomic E-state index is 12.9. The summed E-state index contributed by atoms with van der Waals surface area (Å²) in [5.74, 6) is -0.234. The Kier molecular flexibility index (Phi) is 6.73. The summed E-state index contributed by atoms with van der Waals surface area (Å²) < 4.78 is 5.39. The van der Waals surface area contributed by atoms with Crippen molar-refractivity contribution >= 4 is 34.4 Å². The van der Waals surface area contributed by atoms with Crippen LogP contribution in [0.5, 0.6) is 0 Å². The average Bonchev–Trinajstić information content (AvgIpc) is 2.62. The molecular formula is C21H29N3O2S. The third kappa shape index (κ3) is 5.67. The molecule has 1 N–H and O–H groups in total. The minimum Gasteiger partial charge on any atom is -0.379 e. The van der Waals surface area contributed by atoms with Crippen LogP contribution in [0, 0.1) is 11.3 Å². The summed E-state index contributed by atoms with van der Waals surface area (Å²) in [5.41, 5.74) is 1.78. The third-order valence-electron chi connectivity index (χ3n) is 5.11. The van der Waals surface area contributed by atoms with E-state index in [2.05, 4.69) is 24.1 Å². The number of aliphatic imine (C=N–C) groups is 1. The molecule has 2 fully saturated rings. The number of morpholine rings is 1. The Balaban J connectivity index is 1.70. The maximum atomic E-state index is 12.9. The predicted molar refractivity (Wildman–Crippen MR) is 114 cm³/mol. The minimum atomic E-state index is -0.405. The van der Waals surface area contributed by atoms with E-state index in [-0.39, 0.29) is 11.2 Å².